The normalized spacial score (nSPS) is 13.4. The fourth-order valence-corrected chi connectivity index (χ4v) is 3.48. The number of aromatic nitrogens is 1. The summed E-state index contributed by atoms with van der Waals surface area (Å²) in [5.41, 5.74) is 4.50. The van der Waals surface area contributed by atoms with Crippen LogP contribution in [0.2, 0.25) is 0 Å². The van der Waals surface area contributed by atoms with Crippen molar-refractivity contribution >= 4 is 23.2 Å². The molecule has 142 valence electrons. The first-order chi connectivity index (χ1) is 13.7. The maximum atomic E-state index is 12.3. The molecule has 5 heteroatoms. The summed E-state index contributed by atoms with van der Waals surface area (Å²) in [7, 11) is 0. The Morgan fingerprint density at radius 3 is 2.32 bits per heavy atom. The van der Waals surface area contributed by atoms with Crippen molar-refractivity contribution in [2.24, 2.45) is 0 Å². The van der Waals surface area contributed by atoms with E-state index in [0.717, 1.165) is 47.1 Å². The average Bonchev–Trinajstić information content (AvgIpc) is 3.23. The van der Waals surface area contributed by atoms with Gasteiger partial charge in [0.1, 0.15) is 5.82 Å². The predicted octanol–water partition coefficient (Wildman–Crippen LogP) is 5.30. The van der Waals surface area contributed by atoms with Crippen molar-refractivity contribution in [1.82, 2.24) is 4.98 Å². The fourth-order valence-electron chi connectivity index (χ4n) is 3.48. The van der Waals surface area contributed by atoms with Crippen LogP contribution in [0.3, 0.4) is 0 Å². The molecular weight excluding hydrogens is 348 g/mol. The molecule has 0 aliphatic carbocycles. The zero-order valence-corrected chi connectivity index (χ0v) is 16.0. The minimum Gasteiger partial charge on any atom is -0.357 e. The first-order valence-corrected chi connectivity index (χ1v) is 9.64. The number of anilines is 3. The van der Waals surface area contributed by atoms with Crippen LogP contribution in [0.15, 0.2) is 66.7 Å². The number of pyridine rings is 1. The van der Waals surface area contributed by atoms with Crippen molar-refractivity contribution in [1.29, 1.82) is 0 Å². The van der Waals surface area contributed by atoms with Crippen molar-refractivity contribution in [3.63, 3.8) is 0 Å². The minimum atomic E-state index is -0.262. The molecule has 0 bridgehead atoms. The Labute approximate surface area is 165 Å². The average molecular weight is 372 g/mol. The van der Waals surface area contributed by atoms with Crippen LogP contribution in [0.4, 0.5) is 22.0 Å². The molecule has 4 rings (SSSR count). The molecule has 0 spiro atoms. The van der Waals surface area contributed by atoms with Crippen molar-refractivity contribution < 1.29 is 4.79 Å². The van der Waals surface area contributed by atoms with Crippen LogP contribution in [0.1, 0.15) is 18.4 Å². The lowest BCUT2D eigenvalue weighted by Gasteiger charge is -2.17. The molecule has 1 fully saturated rings. The summed E-state index contributed by atoms with van der Waals surface area (Å²) in [5, 5.41) is 5.77. The van der Waals surface area contributed by atoms with Gasteiger partial charge in [0.15, 0.2) is 0 Å². The maximum Gasteiger partial charge on any atom is 0.323 e. The molecule has 0 radical (unpaired) electrons. The smallest absolute Gasteiger partial charge is 0.323 e. The molecule has 28 heavy (non-hydrogen) atoms. The van der Waals surface area contributed by atoms with Crippen LogP contribution in [0.5, 0.6) is 0 Å². The van der Waals surface area contributed by atoms with Crippen LogP contribution in [0.25, 0.3) is 11.3 Å². The highest BCUT2D eigenvalue weighted by Crippen LogP contribution is 2.25. The van der Waals surface area contributed by atoms with Crippen molar-refractivity contribution in [2.45, 2.75) is 19.8 Å². The van der Waals surface area contributed by atoms with E-state index in [1.54, 1.807) is 0 Å². The molecule has 5 nitrogen and oxygen atoms in total. The van der Waals surface area contributed by atoms with E-state index in [9.17, 15) is 4.79 Å². The second kappa shape index (κ2) is 8.13. The third kappa shape index (κ3) is 4.31. The van der Waals surface area contributed by atoms with Gasteiger partial charge in [0.05, 0.1) is 5.69 Å². The number of carbonyl (C=O) groups is 1. The van der Waals surface area contributed by atoms with Gasteiger partial charge >= 0.3 is 6.03 Å². The quantitative estimate of drug-likeness (QED) is 0.653. The van der Waals surface area contributed by atoms with E-state index in [4.69, 9.17) is 4.98 Å². The van der Waals surface area contributed by atoms with Gasteiger partial charge in [-0.05, 0) is 61.7 Å². The lowest BCUT2D eigenvalue weighted by molar-refractivity contribution is 0.262. The number of amides is 2. The molecule has 2 aromatic carbocycles. The number of aryl methyl sites for hydroxylation is 1. The molecule has 1 saturated heterocycles. The molecule has 3 aromatic rings. The first-order valence-electron chi connectivity index (χ1n) is 9.64. The van der Waals surface area contributed by atoms with Crippen LogP contribution in [-0.2, 0) is 0 Å². The summed E-state index contributed by atoms with van der Waals surface area (Å²) < 4.78 is 0. The molecule has 0 unspecified atom stereocenters. The second-order valence-corrected chi connectivity index (χ2v) is 7.10. The molecule has 0 atom stereocenters. The third-order valence-electron chi connectivity index (χ3n) is 4.86. The van der Waals surface area contributed by atoms with Crippen LogP contribution in [-0.4, -0.2) is 24.1 Å². The molecule has 1 aliphatic rings. The number of nitrogens with one attached hydrogen (secondary N) is 2. The first kappa shape index (κ1) is 18.0. The predicted molar refractivity (Wildman–Crippen MR) is 115 cm³/mol. The lowest BCUT2D eigenvalue weighted by Crippen LogP contribution is -2.19. The van der Waals surface area contributed by atoms with E-state index in [1.165, 1.54) is 12.8 Å². The molecule has 2 heterocycles. The highest BCUT2D eigenvalue weighted by Gasteiger charge is 2.14. The zero-order valence-electron chi connectivity index (χ0n) is 16.0. The Morgan fingerprint density at radius 1 is 0.893 bits per heavy atom. The topological polar surface area (TPSA) is 57.3 Å². The summed E-state index contributed by atoms with van der Waals surface area (Å²) in [4.78, 5) is 19.5. The van der Waals surface area contributed by atoms with Gasteiger partial charge in [-0.2, -0.15) is 0 Å². The third-order valence-corrected chi connectivity index (χ3v) is 4.86. The van der Waals surface area contributed by atoms with Gasteiger partial charge in [0.25, 0.3) is 0 Å². The van der Waals surface area contributed by atoms with Crippen LogP contribution in [0, 0.1) is 6.92 Å². The van der Waals surface area contributed by atoms with Crippen LogP contribution >= 0.6 is 0 Å². The molecule has 2 N–H and O–H groups in total. The summed E-state index contributed by atoms with van der Waals surface area (Å²) in [6, 6.07) is 21.3. The number of nitrogens with zero attached hydrogens (tertiary/aromatic N) is 2. The largest absolute Gasteiger partial charge is 0.357 e. The van der Waals surface area contributed by atoms with Crippen molar-refractivity contribution in [3.8, 4) is 11.3 Å². The second-order valence-electron chi connectivity index (χ2n) is 7.10. The van der Waals surface area contributed by atoms with E-state index in [0.29, 0.717) is 0 Å². The number of rotatable bonds is 4. The Morgan fingerprint density at radius 2 is 1.57 bits per heavy atom. The molecule has 1 aliphatic heterocycles. The fraction of sp³-hybridized carbons (Fsp3) is 0.217. The van der Waals surface area contributed by atoms with Crippen LogP contribution < -0.4 is 15.5 Å². The Hall–Kier alpha value is -3.34. The summed E-state index contributed by atoms with van der Waals surface area (Å²) in [6.45, 7) is 4.13. The van der Waals surface area contributed by atoms with E-state index >= 15 is 0 Å². The maximum absolute atomic E-state index is 12.3. The molecular formula is C23H24N4O. The van der Waals surface area contributed by atoms with Gasteiger partial charge in [0.2, 0.25) is 0 Å². The summed E-state index contributed by atoms with van der Waals surface area (Å²) in [6.07, 6.45) is 2.45. The molecule has 0 saturated carbocycles. The SMILES string of the molecule is Cc1cccc(NC(=O)Nc2cccc(-c3cccc(N4CCCC4)n3)c2)c1. The molecule has 2 amide bonds. The van der Waals surface area contributed by atoms with Gasteiger partial charge in [-0.1, -0.05) is 30.3 Å². The van der Waals surface area contributed by atoms with Gasteiger partial charge in [-0.25, -0.2) is 9.78 Å². The van der Waals surface area contributed by atoms with Gasteiger partial charge in [-0.15, -0.1) is 0 Å². The Balaban J connectivity index is 1.48. The highest BCUT2D eigenvalue weighted by atomic mass is 16.2. The zero-order chi connectivity index (χ0) is 19.3. The number of benzene rings is 2. The van der Waals surface area contributed by atoms with Gasteiger partial charge < -0.3 is 15.5 Å². The number of urea groups is 1. The van der Waals surface area contributed by atoms with E-state index in [1.807, 2.05) is 67.6 Å². The van der Waals surface area contributed by atoms with Crippen molar-refractivity contribution in [2.75, 3.05) is 28.6 Å². The van der Waals surface area contributed by atoms with Gasteiger partial charge in [-0.3, -0.25) is 0 Å². The highest BCUT2D eigenvalue weighted by molar-refractivity contribution is 6.00. The lowest BCUT2D eigenvalue weighted by atomic mass is 10.1. The summed E-state index contributed by atoms with van der Waals surface area (Å²) >= 11 is 0. The van der Waals surface area contributed by atoms with E-state index in [-0.39, 0.29) is 6.03 Å². The number of hydrogen-bond acceptors (Lipinski definition) is 3. The monoisotopic (exact) mass is 372 g/mol. The summed E-state index contributed by atoms with van der Waals surface area (Å²) in [5.74, 6) is 1.02. The standard InChI is InChI=1S/C23H24N4O/c1-17-7-4-9-19(15-17)24-23(28)25-20-10-5-8-18(16-20)21-11-6-12-22(26-21)27-13-2-3-14-27/h4-12,15-16H,2-3,13-14H2,1H3,(H2,24,25,28). The van der Waals surface area contributed by atoms with Gasteiger partial charge in [0, 0.05) is 30.0 Å². The van der Waals surface area contributed by atoms with E-state index < -0.39 is 0 Å². The number of hydrogen-bond donors (Lipinski definition) is 2. The number of carbonyl (C=O) groups excluding carboxylic acids is 1. The molecule has 1 aromatic heterocycles. The van der Waals surface area contributed by atoms with Crippen molar-refractivity contribution in [3.05, 3.63) is 72.3 Å². The van der Waals surface area contributed by atoms with E-state index in [2.05, 4.69) is 21.6 Å². The Bertz CT molecular complexity index is 980. The Kier molecular flexibility index (Phi) is 5.24. The minimum absolute atomic E-state index is 0.262.